The molecule has 2 nitrogen and oxygen atoms in total. The minimum Gasteiger partial charge on any atom is -0.395 e. The zero-order valence-corrected chi connectivity index (χ0v) is 9.51. The van der Waals surface area contributed by atoms with Gasteiger partial charge in [-0.1, -0.05) is 6.07 Å². The molecule has 0 heterocycles. The number of halogens is 2. The van der Waals surface area contributed by atoms with E-state index in [1.54, 1.807) is 12.1 Å². The molecule has 1 atom stereocenters. The van der Waals surface area contributed by atoms with Gasteiger partial charge in [0, 0.05) is 12.6 Å². The monoisotopic (exact) mass is 261 g/mol. The molecule has 0 aromatic heterocycles. The Morgan fingerprint density at radius 1 is 1.57 bits per heavy atom. The van der Waals surface area contributed by atoms with E-state index in [2.05, 4.69) is 21.2 Å². The van der Waals surface area contributed by atoms with E-state index in [1.165, 1.54) is 6.07 Å². The van der Waals surface area contributed by atoms with Crippen LogP contribution in [0, 0.1) is 5.82 Å². The number of nitrogens with one attached hydrogen (secondary N) is 1. The second-order valence-electron chi connectivity index (χ2n) is 3.07. The molecule has 0 radical (unpaired) electrons. The second-order valence-corrected chi connectivity index (χ2v) is 3.93. The fourth-order valence-corrected chi connectivity index (χ4v) is 1.58. The first-order chi connectivity index (χ1) is 6.65. The highest BCUT2D eigenvalue weighted by molar-refractivity contribution is 9.10. The third-order valence-corrected chi connectivity index (χ3v) is 2.61. The van der Waals surface area contributed by atoms with Crippen LogP contribution in [0.1, 0.15) is 18.5 Å². The fourth-order valence-electron chi connectivity index (χ4n) is 1.18. The van der Waals surface area contributed by atoms with Gasteiger partial charge >= 0.3 is 0 Å². The van der Waals surface area contributed by atoms with Crippen molar-refractivity contribution in [1.82, 2.24) is 5.32 Å². The SMILES string of the molecule is CC(NCCO)c1ccc(F)c(Br)c1. The first-order valence-electron chi connectivity index (χ1n) is 4.44. The molecule has 1 rings (SSSR count). The predicted octanol–water partition coefficient (Wildman–Crippen LogP) is 2.23. The van der Waals surface area contributed by atoms with Crippen LogP contribution in [0.3, 0.4) is 0 Å². The van der Waals surface area contributed by atoms with Crippen LogP contribution in [-0.4, -0.2) is 18.3 Å². The largest absolute Gasteiger partial charge is 0.395 e. The quantitative estimate of drug-likeness (QED) is 0.872. The van der Waals surface area contributed by atoms with Gasteiger partial charge in [-0.05, 0) is 40.5 Å². The molecule has 0 bridgehead atoms. The molecule has 0 aliphatic rings. The van der Waals surface area contributed by atoms with Crippen LogP contribution in [0.5, 0.6) is 0 Å². The lowest BCUT2D eigenvalue weighted by atomic mass is 10.1. The van der Waals surface area contributed by atoms with E-state index in [1.807, 2.05) is 6.92 Å². The van der Waals surface area contributed by atoms with Gasteiger partial charge < -0.3 is 10.4 Å². The van der Waals surface area contributed by atoms with E-state index in [0.717, 1.165) is 5.56 Å². The van der Waals surface area contributed by atoms with Gasteiger partial charge in [0.2, 0.25) is 0 Å². The number of aliphatic hydroxyl groups excluding tert-OH is 1. The Hall–Kier alpha value is -0.450. The normalized spacial score (nSPS) is 12.9. The van der Waals surface area contributed by atoms with Crippen molar-refractivity contribution in [3.05, 3.63) is 34.1 Å². The summed E-state index contributed by atoms with van der Waals surface area (Å²) in [6, 6.07) is 5.01. The van der Waals surface area contributed by atoms with Crippen molar-refractivity contribution in [1.29, 1.82) is 0 Å². The van der Waals surface area contributed by atoms with Crippen LogP contribution in [0.25, 0.3) is 0 Å². The summed E-state index contributed by atoms with van der Waals surface area (Å²) in [6.45, 7) is 2.61. The van der Waals surface area contributed by atoms with E-state index in [0.29, 0.717) is 11.0 Å². The molecule has 78 valence electrons. The van der Waals surface area contributed by atoms with E-state index < -0.39 is 0 Å². The summed E-state index contributed by atoms with van der Waals surface area (Å²) in [5, 5.41) is 11.7. The molecule has 1 aromatic rings. The van der Waals surface area contributed by atoms with Gasteiger partial charge in [-0.15, -0.1) is 0 Å². The Labute approximate surface area is 91.3 Å². The van der Waals surface area contributed by atoms with Crippen molar-refractivity contribution in [3.63, 3.8) is 0 Å². The maximum atomic E-state index is 12.9. The van der Waals surface area contributed by atoms with Gasteiger partial charge in [0.15, 0.2) is 0 Å². The van der Waals surface area contributed by atoms with Crippen LogP contribution < -0.4 is 5.32 Å². The van der Waals surface area contributed by atoms with Crippen molar-refractivity contribution in [2.75, 3.05) is 13.2 Å². The molecule has 4 heteroatoms. The molecule has 0 spiro atoms. The Morgan fingerprint density at radius 3 is 2.86 bits per heavy atom. The maximum absolute atomic E-state index is 12.9. The van der Waals surface area contributed by atoms with E-state index >= 15 is 0 Å². The summed E-state index contributed by atoms with van der Waals surface area (Å²) in [7, 11) is 0. The standard InChI is InChI=1S/C10H13BrFNO/c1-7(13-4-5-14)8-2-3-10(12)9(11)6-8/h2-3,6-7,13-14H,4-5H2,1H3. The Bertz CT molecular complexity index is 306. The van der Waals surface area contributed by atoms with Crippen molar-refractivity contribution in [2.45, 2.75) is 13.0 Å². The Kier molecular flexibility index (Phi) is 4.51. The molecular formula is C10H13BrFNO. The number of aliphatic hydroxyl groups is 1. The fraction of sp³-hybridized carbons (Fsp3) is 0.400. The molecular weight excluding hydrogens is 249 g/mol. The summed E-state index contributed by atoms with van der Waals surface area (Å²) < 4.78 is 13.4. The molecule has 0 saturated carbocycles. The molecule has 0 fully saturated rings. The number of rotatable bonds is 4. The van der Waals surface area contributed by atoms with Crippen molar-refractivity contribution < 1.29 is 9.50 Å². The molecule has 1 unspecified atom stereocenters. The highest BCUT2D eigenvalue weighted by Gasteiger charge is 2.06. The molecule has 0 aliphatic heterocycles. The molecule has 1 aromatic carbocycles. The summed E-state index contributed by atoms with van der Waals surface area (Å²) >= 11 is 3.13. The minimum atomic E-state index is -0.261. The van der Waals surface area contributed by atoms with Gasteiger partial charge in [-0.3, -0.25) is 0 Å². The van der Waals surface area contributed by atoms with Gasteiger partial charge in [0.25, 0.3) is 0 Å². The summed E-state index contributed by atoms with van der Waals surface area (Å²) in [4.78, 5) is 0. The Balaban J connectivity index is 2.70. The van der Waals surface area contributed by atoms with E-state index in [4.69, 9.17) is 5.11 Å². The van der Waals surface area contributed by atoms with E-state index in [9.17, 15) is 4.39 Å². The summed E-state index contributed by atoms with van der Waals surface area (Å²) in [5.41, 5.74) is 0.992. The van der Waals surface area contributed by atoms with Crippen LogP contribution in [0.15, 0.2) is 22.7 Å². The van der Waals surface area contributed by atoms with Crippen molar-refractivity contribution in [3.8, 4) is 0 Å². The number of benzene rings is 1. The van der Waals surface area contributed by atoms with Gasteiger partial charge in [0.1, 0.15) is 5.82 Å². The highest BCUT2D eigenvalue weighted by atomic mass is 79.9. The Morgan fingerprint density at radius 2 is 2.29 bits per heavy atom. The summed E-state index contributed by atoms with van der Waals surface area (Å²) in [5.74, 6) is -0.261. The van der Waals surface area contributed by atoms with Gasteiger partial charge in [-0.2, -0.15) is 0 Å². The zero-order valence-electron chi connectivity index (χ0n) is 7.93. The molecule has 14 heavy (non-hydrogen) atoms. The number of hydrogen-bond acceptors (Lipinski definition) is 2. The third-order valence-electron chi connectivity index (χ3n) is 2.01. The predicted molar refractivity (Wildman–Crippen MR) is 57.6 cm³/mol. The van der Waals surface area contributed by atoms with Crippen LogP contribution >= 0.6 is 15.9 Å². The second kappa shape index (κ2) is 5.44. The summed E-state index contributed by atoms with van der Waals surface area (Å²) in [6.07, 6.45) is 0. The molecule has 0 amide bonds. The van der Waals surface area contributed by atoms with Crippen molar-refractivity contribution >= 4 is 15.9 Å². The third kappa shape index (κ3) is 3.04. The molecule has 0 saturated heterocycles. The lowest BCUT2D eigenvalue weighted by molar-refractivity contribution is 0.286. The average molecular weight is 262 g/mol. The highest BCUT2D eigenvalue weighted by Crippen LogP contribution is 2.20. The van der Waals surface area contributed by atoms with Crippen LogP contribution in [0.2, 0.25) is 0 Å². The van der Waals surface area contributed by atoms with Crippen molar-refractivity contribution in [2.24, 2.45) is 0 Å². The number of hydrogen-bond donors (Lipinski definition) is 2. The minimum absolute atomic E-state index is 0.104. The average Bonchev–Trinajstić information content (AvgIpc) is 2.18. The van der Waals surface area contributed by atoms with Crippen LogP contribution in [0.4, 0.5) is 4.39 Å². The first kappa shape index (κ1) is 11.6. The maximum Gasteiger partial charge on any atom is 0.137 e. The molecule has 2 N–H and O–H groups in total. The lowest BCUT2D eigenvalue weighted by Crippen LogP contribution is -2.22. The van der Waals surface area contributed by atoms with Gasteiger partial charge in [-0.25, -0.2) is 4.39 Å². The molecule has 0 aliphatic carbocycles. The first-order valence-corrected chi connectivity index (χ1v) is 5.23. The smallest absolute Gasteiger partial charge is 0.137 e. The van der Waals surface area contributed by atoms with Crippen LogP contribution in [-0.2, 0) is 0 Å². The van der Waals surface area contributed by atoms with E-state index in [-0.39, 0.29) is 18.5 Å². The zero-order chi connectivity index (χ0) is 10.6. The topological polar surface area (TPSA) is 32.3 Å². The van der Waals surface area contributed by atoms with Gasteiger partial charge in [0.05, 0.1) is 11.1 Å². The lowest BCUT2D eigenvalue weighted by Gasteiger charge is -2.13.